The number of alkyl halides is 2. The Labute approximate surface area is 236 Å². The van der Waals surface area contributed by atoms with E-state index >= 15 is 4.39 Å². The van der Waals surface area contributed by atoms with Crippen LogP contribution in [0, 0.1) is 5.82 Å². The molecule has 3 aromatic rings. The number of amides is 2. The lowest BCUT2D eigenvalue weighted by Crippen LogP contribution is -2.45. The molecule has 9 nitrogen and oxygen atoms in total. The molecule has 0 aliphatic carbocycles. The van der Waals surface area contributed by atoms with Gasteiger partial charge in [0.1, 0.15) is 29.0 Å². The van der Waals surface area contributed by atoms with Gasteiger partial charge in [-0.15, -0.1) is 9.24 Å². The van der Waals surface area contributed by atoms with Crippen molar-refractivity contribution in [1.29, 1.82) is 0 Å². The second kappa shape index (κ2) is 12.7. The summed E-state index contributed by atoms with van der Waals surface area (Å²) in [7, 11) is 5.33. The lowest BCUT2D eigenvalue weighted by molar-refractivity contribution is -0.118. The van der Waals surface area contributed by atoms with Crippen molar-refractivity contribution < 1.29 is 37.0 Å². The van der Waals surface area contributed by atoms with E-state index in [0.29, 0.717) is 5.30 Å². The third-order valence-corrected chi connectivity index (χ3v) is 7.31. The Balaban J connectivity index is 1.72. The second-order valence-corrected chi connectivity index (χ2v) is 10.0. The van der Waals surface area contributed by atoms with Crippen molar-refractivity contribution in [3.05, 3.63) is 82.0 Å². The van der Waals surface area contributed by atoms with E-state index in [0.717, 1.165) is 0 Å². The molecule has 2 aromatic carbocycles. The van der Waals surface area contributed by atoms with Crippen LogP contribution in [0.1, 0.15) is 28.8 Å². The molecule has 0 radical (unpaired) electrons. The molecule has 1 aromatic heterocycles. The molecule has 2 amide bonds. The summed E-state index contributed by atoms with van der Waals surface area (Å²) in [6.45, 7) is -1.10. The Hall–Kier alpha value is -3.89. The van der Waals surface area contributed by atoms with Crippen LogP contribution in [0.5, 0.6) is 11.5 Å². The van der Waals surface area contributed by atoms with E-state index in [-0.39, 0.29) is 47.5 Å². The summed E-state index contributed by atoms with van der Waals surface area (Å²) in [4.78, 5) is 41.6. The van der Waals surface area contributed by atoms with E-state index in [1.54, 1.807) is 25.3 Å². The summed E-state index contributed by atoms with van der Waals surface area (Å²) >= 11 is 0. The number of carbonyl (C=O) groups excluding carboxylic acids is 2. The van der Waals surface area contributed by atoms with Crippen LogP contribution >= 0.6 is 9.24 Å². The molecule has 13 heteroatoms. The lowest BCUT2D eigenvalue weighted by atomic mass is 9.93. The molecular formula is C28H29F3N3O6P. The number of benzene rings is 2. The van der Waals surface area contributed by atoms with E-state index < -0.39 is 41.8 Å². The van der Waals surface area contributed by atoms with Crippen LogP contribution in [-0.2, 0) is 16.1 Å². The van der Waals surface area contributed by atoms with Gasteiger partial charge >= 0.3 is 6.61 Å². The largest absolute Gasteiger partial charge is 0.497 e. The van der Waals surface area contributed by atoms with Crippen molar-refractivity contribution in [3.8, 4) is 11.5 Å². The fourth-order valence-corrected chi connectivity index (χ4v) is 5.25. The molecule has 4 rings (SSSR count). The smallest absolute Gasteiger partial charge is 0.387 e. The summed E-state index contributed by atoms with van der Waals surface area (Å²) in [6, 6.07) is 9.53. The van der Waals surface area contributed by atoms with E-state index in [9.17, 15) is 23.2 Å². The van der Waals surface area contributed by atoms with Crippen molar-refractivity contribution in [2.24, 2.45) is 0 Å². The van der Waals surface area contributed by atoms with Gasteiger partial charge in [0.05, 0.1) is 19.8 Å². The third kappa shape index (κ3) is 6.55. The quantitative estimate of drug-likeness (QED) is 0.364. The first-order chi connectivity index (χ1) is 19.5. The second-order valence-electron chi connectivity index (χ2n) is 9.42. The molecule has 0 spiro atoms. The van der Waals surface area contributed by atoms with Gasteiger partial charge in [-0.3, -0.25) is 14.4 Å². The van der Waals surface area contributed by atoms with Gasteiger partial charge in [0.2, 0.25) is 5.91 Å². The summed E-state index contributed by atoms with van der Waals surface area (Å²) in [6.07, 6.45) is 1.30. The standard InChI is InChI=1S/C28H29F3N3O6P/c1-15(38-2)13-33-10-4-5-21(26(33)36)34-14-19(23-20(29)11-18(39-3)12-22(23)41)24(27(34)37)32-25(35)16-6-8-17(9-7-16)40-28(30)31/h4-12,15,19,24,28H,13-14,41H2,1-3H3,(H,32,35)/t15?,19-,24-/m0/s1. The highest BCUT2D eigenvalue weighted by Gasteiger charge is 2.45. The van der Waals surface area contributed by atoms with Crippen LogP contribution < -0.4 is 30.6 Å². The molecular weight excluding hydrogens is 562 g/mol. The number of carbonyl (C=O) groups is 2. The molecule has 41 heavy (non-hydrogen) atoms. The number of rotatable bonds is 10. The van der Waals surface area contributed by atoms with Gasteiger partial charge < -0.3 is 29.0 Å². The van der Waals surface area contributed by atoms with Gasteiger partial charge in [0, 0.05) is 43.0 Å². The van der Waals surface area contributed by atoms with Crippen LogP contribution in [0.3, 0.4) is 0 Å². The molecule has 1 fully saturated rings. The van der Waals surface area contributed by atoms with Crippen LogP contribution in [0.2, 0.25) is 0 Å². The molecule has 2 heterocycles. The minimum Gasteiger partial charge on any atom is -0.497 e. The minimum absolute atomic E-state index is 0.0635. The van der Waals surface area contributed by atoms with E-state index in [4.69, 9.17) is 9.47 Å². The van der Waals surface area contributed by atoms with Gasteiger partial charge in [-0.05, 0) is 54.7 Å². The van der Waals surface area contributed by atoms with Gasteiger partial charge in [-0.25, -0.2) is 4.39 Å². The predicted octanol–water partition coefficient (Wildman–Crippen LogP) is 3.06. The molecule has 0 bridgehead atoms. The monoisotopic (exact) mass is 591 g/mol. The summed E-state index contributed by atoms with van der Waals surface area (Å²) in [5, 5.41) is 3.07. The average Bonchev–Trinajstić information content (AvgIpc) is 3.24. The number of aromatic nitrogens is 1. The van der Waals surface area contributed by atoms with E-state index in [1.165, 1.54) is 60.1 Å². The highest BCUT2D eigenvalue weighted by molar-refractivity contribution is 7.27. The summed E-state index contributed by atoms with van der Waals surface area (Å²) in [5.74, 6) is -2.73. The Morgan fingerprint density at radius 3 is 2.44 bits per heavy atom. The first-order valence-corrected chi connectivity index (χ1v) is 13.1. The SMILES string of the molecule is COc1cc(F)c([C@@H]2CN(c3cccn(CC(C)OC)c3=O)C(=O)[C@H]2NC(=O)c2ccc(OC(F)F)cc2)c(P)c1. The first kappa shape index (κ1) is 30.1. The number of anilines is 1. The molecule has 1 aliphatic heterocycles. The fraction of sp³-hybridized carbons (Fsp3) is 0.321. The molecule has 0 saturated carbocycles. The molecule has 218 valence electrons. The Kier molecular flexibility index (Phi) is 9.35. The zero-order valence-electron chi connectivity index (χ0n) is 22.5. The van der Waals surface area contributed by atoms with Gasteiger partial charge in [-0.1, -0.05) is 0 Å². The normalized spacial score (nSPS) is 17.6. The predicted molar refractivity (Wildman–Crippen MR) is 149 cm³/mol. The Morgan fingerprint density at radius 2 is 1.83 bits per heavy atom. The van der Waals surface area contributed by atoms with Crippen LogP contribution in [0.4, 0.5) is 18.9 Å². The summed E-state index contributed by atoms with van der Waals surface area (Å²) in [5.41, 5.74) is -0.169. The zero-order valence-corrected chi connectivity index (χ0v) is 23.6. The van der Waals surface area contributed by atoms with Crippen LogP contribution in [-0.4, -0.2) is 55.9 Å². The summed E-state index contributed by atoms with van der Waals surface area (Å²) < 4.78 is 56.6. The van der Waals surface area contributed by atoms with E-state index in [1.807, 2.05) is 0 Å². The number of hydrogen-bond acceptors (Lipinski definition) is 6. The lowest BCUT2D eigenvalue weighted by Gasteiger charge is -2.21. The van der Waals surface area contributed by atoms with Crippen LogP contribution in [0.25, 0.3) is 0 Å². The Morgan fingerprint density at radius 1 is 1.12 bits per heavy atom. The van der Waals surface area contributed by atoms with Crippen molar-refractivity contribution in [2.75, 3.05) is 25.7 Å². The molecule has 4 atom stereocenters. The number of nitrogens with one attached hydrogen (secondary N) is 1. The van der Waals surface area contributed by atoms with Gasteiger partial charge in [-0.2, -0.15) is 8.78 Å². The van der Waals surface area contributed by atoms with E-state index in [2.05, 4.69) is 19.3 Å². The maximum atomic E-state index is 15.4. The van der Waals surface area contributed by atoms with Gasteiger partial charge in [0.15, 0.2) is 0 Å². The van der Waals surface area contributed by atoms with Crippen LogP contribution in [0.15, 0.2) is 59.5 Å². The first-order valence-electron chi connectivity index (χ1n) is 12.6. The topological polar surface area (TPSA) is 99.1 Å². The Bertz CT molecular complexity index is 1460. The average molecular weight is 592 g/mol. The number of nitrogens with zero attached hydrogens (tertiary/aromatic N) is 2. The number of ether oxygens (including phenoxy) is 3. The molecule has 2 unspecified atom stereocenters. The van der Waals surface area contributed by atoms with Crippen molar-refractivity contribution in [2.45, 2.75) is 38.1 Å². The third-order valence-electron chi connectivity index (χ3n) is 6.83. The molecule has 1 N–H and O–H groups in total. The molecule has 1 saturated heterocycles. The van der Waals surface area contributed by atoms with Crippen molar-refractivity contribution in [3.63, 3.8) is 0 Å². The molecule has 1 aliphatic rings. The zero-order chi connectivity index (χ0) is 29.8. The van der Waals surface area contributed by atoms with Crippen molar-refractivity contribution >= 4 is 32.0 Å². The number of hydrogen-bond donors (Lipinski definition) is 1. The van der Waals surface area contributed by atoms with Crippen molar-refractivity contribution in [1.82, 2.24) is 9.88 Å². The number of methoxy groups -OCH3 is 2. The maximum absolute atomic E-state index is 15.4. The van der Waals surface area contributed by atoms with Gasteiger partial charge in [0.25, 0.3) is 11.5 Å². The minimum atomic E-state index is -3.03. The highest BCUT2D eigenvalue weighted by Crippen LogP contribution is 2.34. The number of pyridine rings is 1. The highest BCUT2D eigenvalue weighted by atomic mass is 31.0. The fourth-order valence-electron chi connectivity index (χ4n) is 4.73. The maximum Gasteiger partial charge on any atom is 0.387 e. The number of halogens is 3.